The van der Waals surface area contributed by atoms with Crippen molar-refractivity contribution in [2.75, 3.05) is 13.1 Å². The van der Waals surface area contributed by atoms with Gasteiger partial charge < -0.3 is 19.3 Å². The minimum absolute atomic E-state index is 0.00712. The number of nitrogens with zero attached hydrogens (tertiary/aromatic N) is 3. The molecule has 2 saturated heterocycles. The van der Waals surface area contributed by atoms with Crippen molar-refractivity contribution >= 4 is 5.91 Å². The molecule has 6 nitrogen and oxygen atoms in total. The first-order valence-electron chi connectivity index (χ1n) is 9.24. The van der Waals surface area contributed by atoms with Gasteiger partial charge in [0.05, 0.1) is 29.8 Å². The highest BCUT2D eigenvalue weighted by Gasteiger charge is 2.46. The van der Waals surface area contributed by atoms with Crippen LogP contribution in [0.5, 0.6) is 0 Å². The van der Waals surface area contributed by atoms with E-state index in [0.717, 1.165) is 18.5 Å². The third-order valence-corrected chi connectivity index (χ3v) is 5.74. The molecule has 1 aromatic rings. The van der Waals surface area contributed by atoms with Gasteiger partial charge in [0.25, 0.3) is 5.91 Å². The van der Waals surface area contributed by atoms with Crippen LogP contribution in [-0.2, 0) is 11.8 Å². The summed E-state index contributed by atoms with van der Waals surface area (Å²) < 4.78 is 8.29. The van der Waals surface area contributed by atoms with Crippen LogP contribution in [0.25, 0.3) is 0 Å². The zero-order valence-electron chi connectivity index (χ0n) is 16.1. The third-order valence-electron chi connectivity index (χ3n) is 5.74. The van der Waals surface area contributed by atoms with Crippen molar-refractivity contribution in [3.8, 4) is 0 Å². The molecule has 1 amide bonds. The highest BCUT2D eigenvalue weighted by atomic mass is 16.5. The number of hydrogen-bond donors (Lipinski definition) is 1. The molecule has 2 aliphatic heterocycles. The van der Waals surface area contributed by atoms with E-state index in [-0.39, 0.29) is 29.1 Å². The van der Waals surface area contributed by atoms with E-state index >= 15 is 0 Å². The fraction of sp³-hybridized carbons (Fsp3) is 0.789. The highest BCUT2D eigenvalue weighted by molar-refractivity contribution is 5.93. The molecular weight excluding hydrogens is 318 g/mol. The van der Waals surface area contributed by atoms with Gasteiger partial charge in [0.1, 0.15) is 5.69 Å². The summed E-state index contributed by atoms with van der Waals surface area (Å²) in [7, 11) is 1.85. The molecule has 3 heterocycles. The van der Waals surface area contributed by atoms with Crippen LogP contribution in [0, 0.1) is 12.3 Å². The SMILES string of the molecule is Cc1ncn(C)c1C(=O)N1CCC2(CC1)C[C@H](O)C[C@H](C(C)(C)C)O2. The summed E-state index contributed by atoms with van der Waals surface area (Å²) in [6, 6.07) is 0. The fourth-order valence-corrected chi connectivity index (χ4v) is 4.13. The Labute approximate surface area is 150 Å². The number of piperidine rings is 1. The van der Waals surface area contributed by atoms with Gasteiger partial charge in [-0.2, -0.15) is 0 Å². The van der Waals surface area contributed by atoms with Crippen molar-refractivity contribution in [1.29, 1.82) is 0 Å². The summed E-state index contributed by atoms with van der Waals surface area (Å²) in [6.07, 6.45) is 4.34. The van der Waals surface area contributed by atoms with Crippen LogP contribution >= 0.6 is 0 Å². The van der Waals surface area contributed by atoms with E-state index < -0.39 is 0 Å². The first-order valence-corrected chi connectivity index (χ1v) is 9.24. The lowest BCUT2D eigenvalue weighted by Gasteiger charge is -2.50. The maximum Gasteiger partial charge on any atom is 0.272 e. The molecule has 0 saturated carbocycles. The minimum atomic E-state index is -0.320. The van der Waals surface area contributed by atoms with Crippen LogP contribution in [0.2, 0.25) is 0 Å². The zero-order chi connectivity index (χ0) is 18.4. The van der Waals surface area contributed by atoms with Crippen molar-refractivity contribution in [2.45, 2.75) is 71.2 Å². The number of aromatic nitrogens is 2. The molecule has 0 unspecified atom stereocenters. The number of imidazole rings is 1. The summed E-state index contributed by atoms with van der Waals surface area (Å²) in [5.74, 6) is 0.0380. The molecule has 25 heavy (non-hydrogen) atoms. The average Bonchev–Trinajstić information content (AvgIpc) is 2.85. The van der Waals surface area contributed by atoms with Crippen molar-refractivity contribution < 1.29 is 14.6 Å². The molecule has 1 N–H and O–H groups in total. The fourth-order valence-electron chi connectivity index (χ4n) is 4.13. The number of rotatable bonds is 1. The summed E-state index contributed by atoms with van der Waals surface area (Å²) in [5, 5.41) is 10.4. The topological polar surface area (TPSA) is 67.6 Å². The number of carbonyl (C=O) groups excluding carboxylic acids is 1. The van der Waals surface area contributed by atoms with Crippen LogP contribution in [0.1, 0.15) is 62.6 Å². The summed E-state index contributed by atoms with van der Waals surface area (Å²) in [4.78, 5) is 19.0. The van der Waals surface area contributed by atoms with E-state index in [4.69, 9.17) is 4.74 Å². The zero-order valence-corrected chi connectivity index (χ0v) is 16.1. The number of hydrogen-bond acceptors (Lipinski definition) is 4. The Morgan fingerprint density at radius 2 is 2.00 bits per heavy atom. The Morgan fingerprint density at radius 1 is 1.36 bits per heavy atom. The van der Waals surface area contributed by atoms with Crippen LogP contribution in [0.4, 0.5) is 0 Å². The molecule has 1 aromatic heterocycles. The second-order valence-electron chi connectivity index (χ2n) is 8.83. The molecule has 0 radical (unpaired) electrons. The Morgan fingerprint density at radius 3 is 2.52 bits per heavy atom. The Kier molecular flexibility index (Phi) is 4.71. The van der Waals surface area contributed by atoms with Crippen LogP contribution < -0.4 is 0 Å². The van der Waals surface area contributed by atoms with E-state index in [9.17, 15) is 9.90 Å². The number of ether oxygens (including phenoxy) is 1. The van der Waals surface area contributed by atoms with Gasteiger partial charge in [0.2, 0.25) is 0 Å². The Bertz CT molecular complexity index is 619. The van der Waals surface area contributed by atoms with Gasteiger partial charge in [0.15, 0.2) is 0 Å². The molecule has 2 atom stereocenters. The third kappa shape index (κ3) is 3.60. The molecule has 1 spiro atoms. The van der Waals surface area contributed by atoms with Gasteiger partial charge >= 0.3 is 0 Å². The number of aryl methyl sites for hydroxylation is 2. The molecule has 6 heteroatoms. The lowest BCUT2D eigenvalue weighted by atomic mass is 9.76. The maximum atomic E-state index is 12.8. The molecule has 2 aliphatic rings. The second kappa shape index (κ2) is 6.40. The number of amides is 1. The normalized spacial score (nSPS) is 26.9. The van der Waals surface area contributed by atoms with E-state index in [2.05, 4.69) is 25.8 Å². The Balaban J connectivity index is 1.69. The number of aliphatic hydroxyl groups is 1. The second-order valence-corrected chi connectivity index (χ2v) is 8.83. The number of carbonyl (C=O) groups is 1. The van der Waals surface area contributed by atoms with E-state index in [1.54, 1.807) is 10.9 Å². The van der Waals surface area contributed by atoms with Gasteiger partial charge in [-0.05, 0) is 25.2 Å². The van der Waals surface area contributed by atoms with Crippen LogP contribution in [0.15, 0.2) is 6.33 Å². The van der Waals surface area contributed by atoms with Gasteiger partial charge in [-0.1, -0.05) is 20.8 Å². The van der Waals surface area contributed by atoms with E-state index in [1.807, 2.05) is 18.9 Å². The first kappa shape index (κ1) is 18.4. The number of aliphatic hydroxyl groups excluding tert-OH is 1. The molecule has 140 valence electrons. The van der Waals surface area contributed by atoms with Gasteiger partial charge in [0, 0.05) is 33.0 Å². The van der Waals surface area contributed by atoms with Gasteiger partial charge in [-0.15, -0.1) is 0 Å². The summed E-state index contributed by atoms with van der Waals surface area (Å²) in [6.45, 7) is 9.67. The first-order chi connectivity index (χ1) is 11.6. The van der Waals surface area contributed by atoms with Crippen LogP contribution in [-0.4, -0.2) is 56.4 Å². The van der Waals surface area contributed by atoms with Crippen LogP contribution in [0.3, 0.4) is 0 Å². The van der Waals surface area contributed by atoms with Crippen molar-refractivity contribution in [3.63, 3.8) is 0 Å². The quantitative estimate of drug-likeness (QED) is 0.845. The maximum absolute atomic E-state index is 12.8. The van der Waals surface area contributed by atoms with Crippen molar-refractivity contribution in [3.05, 3.63) is 17.7 Å². The molecule has 2 fully saturated rings. The standard InChI is InChI=1S/C19H31N3O3/c1-13-16(21(5)12-20-13)17(24)22-8-6-19(7-9-22)11-14(23)10-15(25-19)18(2,3)4/h12,14-15,23H,6-11H2,1-5H3/t14-,15-/m1/s1. The average molecular weight is 349 g/mol. The minimum Gasteiger partial charge on any atom is -0.393 e. The van der Waals surface area contributed by atoms with Gasteiger partial charge in [-0.25, -0.2) is 4.98 Å². The Hall–Kier alpha value is -1.40. The van der Waals surface area contributed by atoms with Gasteiger partial charge in [-0.3, -0.25) is 4.79 Å². The molecular formula is C19H31N3O3. The van der Waals surface area contributed by atoms with Crippen molar-refractivity contribution in [1.82, 2.24) is 14.5 Å². The predicted molar refractivity (Wildman–Crippen MR) is 95.4 cm³/mol. The molecule has 3 rings (SSSR count). The molecule has 0 bridgehead atoms. The highest BCUT2D eigenvalue weighted by Crippen LogP contribution is 2.42. The summed E-state index contributed by atoms with van der Waals surface area (Å²) in [5.41, 5.74) is 1.14. The summed E-state index contributed by atoms with van der Waals surface area (Å²) >= 11 is 0. The molecule has 0 aliphatic carbocycles. The van der Waals surface area contributed by atoms with E-state index in [1.165, 1.54) is 0 Å². The monoisotopic (exact) mass is 349 g/mol. The van der Waals surface area contributed by atoms with Crippen molar-refractivity contribution in [2.24, 2.45) is 12.5 Å². The smallest absolute Gasteiger partial charge is 0.272 e. The lowest BCUT2D eigenvalue weighted by Crippen LogP contribution is -2.56. The largest absolute Gasteiger partial charge is 0.393 e. The molecule has 0 aromatic carbocycles. The number of likely N-dealkylation sites (tertiary alicyclic amines) is 1. The predicted octanol–water partition coefficient (Wildman–Crippen LogP) is 2.29. The van der Waals surface area contributed by atoms with E-state index in [0.29, 0.717) is 31.6 Å². The lowest BCUT2D eigenvalue weighted by molar-refractivity contribution is -0.205.